The summed E-state index contributed by atoms with van der Waals surface area (Å²) in [5, 5.41) is 3.20. The molecule has 0 spiro atoms. The fraction of sp³-hybridized carbons (Fsp3) is 0.188. The van der Waals surface area contributed by atoms with E-state index in [0.29, 0.717) is 16.3 Å². The smallest absolute Gasteiger partial charge is 0.413 e. The van der Waals surface area contributed by atoms with Crippen molar-refractivity contribution in [3.05, 3.63) is 53.6 Å². The Morgan fingerprint density at radius 1 is 1.23 bits per heavy atom. The average Bonchev–Trinajstić information content (AvgIpc) is 2.48. The number of carbonyl (C=O) groups excluding carboxylic acids is 1. The minimum Gasteiger partial charge on any atom is -0.430 e. The highest BCUT2D eigenvalue weighted by atomic mass is 35.5. The molecule has 0 aliphatic heterocycles. The Bertz CT molecular complexity index is 704. The highest BCUT2D eigenvalue weighted by Gasteiger charge is 2.20. The van der Waals surface area contributed by atoms with Crippen LogP contribution in [0.3, 0.4) is 0 Å². The van der Waals surface area contributed by atoms with Crippen LogP contribution < -0.4 is 5.32 Å². The Labute approximate surface area is 133 Å². The van der Waals surface area contributed by atoms with Gasteiger partial charge in [-0.25, -0.2) is 14.8 Å². The number of hydrogen-bond donors (Lipinski definition) is 1. The molecule has 1 aromatic carbocycles. The third-order valence-corrected chi connectivity index (χ3v) is 2.76. The zero-order chi connectivity index (χ0) is 16.0. The number of nitrogens with zero attached hydrogens (tertiary/aromatic N) is 2. The second kappa shape index (κ2) is 6.92. The van der Waals surface area contributed by atoms with Crippen LogP contribution in [0.1, 0.15) is 19.4 Å². The van der Waals surface area contributed by atoms with E-state index in [-0.39, 0.29) is 0 Å². The van der Waals surface area contributed by atoms with Gasteiger partial charge in [-0.2, -0.15) is 0 Å². The molecule has 1 aromatic heterocycles. The molecule has 1 amide bonds. The molecule has 0 bridgehead atoms. The van der Waals surface area contributed by atoms with Crippen LogP contribution in [0.2, 0.25) is 5.02 Å². The molecule has 2 aromatic rings. The van der Waals surface area contributed by atoms with Crippen LogP contribution in [0.15, 0.2) is 43.0 Å². The second-order valence-corrected chi connectivity index (χ2v) is 5.35. The lowest BCUT2D eigenvalue weighted by molar-refractivity contribution is 0.0905. The van der Waals surface area contributed by atoms with E-state index in [1.54, 1.807) is 50.5 Å². The zero-order valence-corrected chi connectivity index (χ0v) is 12.9. The van der Waals surface area contributed by atoms with Crippen molar-refractivity contribution < 1.29 is 9.53 Å². The molecule has 6 heteroatoms. The van der Waals surface area contributed by atoms with Crippen LogP contribution in [0.4, 0.5) is 10.5 Å². The molecule has 2 rings (SSSR count). The molecule has 0 atom stereocenters. The van der Waals surface area contributed by atoms with Gasteiger partial charge in [0.25, 0.3) is 0 Å². The molecule has 0 radical (unpaired) electrons. The standard InChI is InChI=1S/C16H14ClN3O2/c1-16(2,8-7-12-9-18-11-19-10-12)22-15(21)20-14-5-3-13(17)4-6-14/h3-6,9-11H,1-2H3,(H,20,21). The van der Waals surface area contributed by atoms with E-state index in [1.807, 2.05) is 0 Å². The van der Waals surface area contributed by atoms with Gasteiger partial charge >= 0.3 is 6.09 Å². The van der Waals surface area contributed by atoms with Gasteiger partial charge in [0, 0.05) is 23.1 Å². The Morgan fingerprint density at radius 2 is 1.86 bits per heavy atom. The lowest BCUT2D eigenvalue weighted by Gasteiger charge is -2.19. The third-order valence-electron chi connectivity index (χ3n) is 2.51. The van der Waals surface area contributed by atoms with E-state index in [2.05, 4.69) is 27.1 Å². The van der Waals surface area contributed by atoms with Gasteiger partial charge < -0.3 is 4.74 Å². The average molecular weight is 316 g/mol. The summed E-state index contributed by atoms with van der Waals surface area (Å²) in [5.74, 6) is 5.73. The summed E-state index contributed by atoms with van der Waals surface area (Å²) in [6.45, 7) is 3.40. The topological polar surface area (TPSA) is 64.1 Å². The summed E-state index contributed by atoms with van der Waals surface area (Å²) >= 11 is 5.78. The van der Waals surface area contributed by atoms with Crippen molar-refractivity contribution in [2.24, 2.45) is 0 Å². The summed E-state index contributed by atoms with van der Waals surface area (Å²) in [4.78, 5) is 19.6. The normalized spacial score (nSPS) is 10.3. The van der Waals surface area contributed by atoms with Crippen molar-refractivity contribution in [1.82, 2.24) is 9.97 Å². The molecule has 0 fully saturated rings. The summed E-state index contributed by atoms with van der Waals surface area (Å²) < 4.78 is 5.30. The van der Waals surface area contributed by atoms with Crippen LogP contribution in [0.25, 0.3) is 0 Å². The quantitative estimate of drug-likeness (QED) is 0.861. The number of carbonyl (C=O) groups is 1. The Kier molecular flexibility index (Phi) is 4.97. The Balaban J connectivity index is 1.97. The Hall–Kier alpha value is -2.58. The van der Waals surface area contributed by atoms with Crippen molar-refractivity contribution in [2.75, 3.05) is 5.32 Å². The number of amides is 1. The van der Waals surface area contributed by atoms with Gasteiger partial charge in [-0.05, 0) is 38.1 Å². The van der Waals surface area contributed by atoms with Crippen molar-refractivity contribution >= 4 is 23.4 Å². The van der Waals surface area contributed by atoms with Crippen LogP contribution in [0.5, 0.6) is 0 Å². The van der Waals surface area contributed by atoms with Gasteiger partial charge in [0.2, 0.25) is 0 Å². The fourth-order valence-electron chi connectivity index (χ4n) is 1.52. The van der Waals surface area contributed by atoms with E-state index >= 15 is 0 Å². The van der Waals surface area contributed by atoms with E-state index in [1.165, 1.54) is 6.33 Å². The number of benzene rings is 1. The SMILES string of the molecule is CC(C)(C#Cc1cncnc1)OC(=O)Nc1ccc(Cl)cc1. The van der Waals surface area contributed by atoms with Gasteiger partial charge in [-0.15, -0.1) is 0 Å². The molecule has 112 valence electrons. The molecule has 0 aliphatic rings. The number of rotatable bonds is 2. The number of aromatic nitrogens is 2. The highest BCUT2D eigenvalue weighted by Crippen LogP contribution is 2.15. The fourth-order valence-corrected chi connectivity index (χ4v) is 1.65. The monoisotopic (exact) mass is 315 g/mol. The molecular formula is C16H14ClN3O2. The van der Waals surface area contributed by atoms with Gasteiger partial charge in [-0.1, -0.05) is 23.4 Å². The number of anilines is 1. The maximum atomic E-state index is 11.9. The Morgan fingerprint density at radius 3 is 2.50 bits per heavy atom. The lowest BCUT2D eigenvalue weighted by Crippen LogP contribution is -2.29. The molecular weight excluding hydrogens is 302 g/mol. The van der Waals surface area contributed by atoms with E-state index in [9.17, 15) is 4.79 Å². The first-order valence-electron chi connectivity index (χ1n) is 6.48. The number of hydrogen-bond acceptors (Lipinski definition) is 4. The van der Waals surface area contributed by atoms with Gasteiger partial charge in [-0.3, -0.25) is 5.32 Å². The van der Waals surface area contributed by atoms with Crippen molar-refractivity contribution in [2.45, 2.75) is 19.4 Å². The summed E-state index contributed by atoms with van der Waals surface area (Å²) in [5.41, 5.74) is 0.290. The largest absolute Gasteiger partial charge is 0.430 e. The van der Waals surface area contributed by atoms with E-state index in [4.69, 9.17) is 16.3 Å². The molecule has 0 aliphatic carbocycles. The predicted molar refractivity (Wildman–Crippen MR) is 84.5 cm³/mol. The number of halogens is 1. The summed E-state index contributed by atoms with van der Waals surface area (Å²) in [7, 11) is 0. The molecule has 0 saturated heterocycles. The van der Waals surface area contributed by atoms with E-state index in [0.717, 1.165) is 0 Å². The van der Waals surface area contributed by atoms with Gasteiger partial charge in [0.1, 0.15) is 6.33 Å². The molecule has 22 heavy (non-hydrogen) atoms. The van der Waals surface area contributed by atoms with Gasteiger partial charge in [0.15, 0.2) is 5.60 Å². The van der Waals surface area contributed by atoms with Crippen LogP contribution in [-0.4, -0.2) is 21.7 Å². The van der Waals surface area contributed by atoms with Crippen LogP contribution >= 0.6 is 11.6 Å². The third kappa shape index (κ3) is 5.08. The van der Waals surface area contributed by atoms with Crippen molar-refractivity contribution in [3.8, 4) is 11.8 Å². The molecule has 1 heterocycles. The van der Waals surface area contributed by atoms with Crippen LogP contribution in [-0.2, 0) is 4.74 Å². The van der Waals surface area contributed by atoms with Crippen LogP contribution in [0, 0.1) is 11.8 Å². The minimum atomic E-state index is -0.952. The summed E-state index contributed by atoms with van der Waals surface area (Å²) in [6.07, 6.45) is 4.01. The second-order valence-electron chi connectivity index (χ2n) is 4.91. The number of nitrogens with one attached hydrogen (secondary N) is 1. The molecule has 1 N–H and O–H groups in total. The first-order chi connectivity index (χ1) is 10.4. The lowest BCUT2D eigenvalue weighted by atomic mass is 10.1. The maximum Gasteiger partial charge on any atom is 0.413 e. The number of ether oxygens (including phenoxy) is 1. The zero-order valence-electron chi connectivity index (χ0n) is 12.1. The molecule has 0 saturated carbocycles. The highest BCUT2D eigenvalue weighted by molar-refractivity contribution is 6.30. The van der Waals surface area contributed by atoms with Crippen molar-refractivity contribution in [3.63, 3.8) is 0 Å². The first kappa shape index (κ1) is 15.8. The van der Waals surface area contributed by atoms with Gasteiger partial charge in [0.05, 0.1) is 5.56 Å². The van der Waals surface area contributed by atoms with Crippen molar-refractivity contribution in [1.29, 1.82) is 0 Å². The minimum absolute atomic E-state index is 0.592. The molecule has 5 nitrogen and oxygen atoms in total. The molecule has 0 unspecified atom stereocenters. The maximum absolute atomic E-state index is 11.9. The summed E-state index contributed by atoms with van der Waals surface area (Å²) in [6, 6.07) is 6.72. The van der Waals surface area contributed by atoms with E-state index < -0.39 is 11.7 Å². The first-order valence-corrected chi connectivity index (χ1v) is 6.86. The predicted octanol–water partition coefficient (Wildman–Crippen LogP) is 3.51.